The molecule has 1 spiro atoms. The molecule has 0 bridgehead atoms. The second kappa shape index (κ2) is 10.2. The molecule has 3 aromatic carbocycles. The highest BCUT2D eigenvalue weighted by atomic mass is 79.9. The first-order valence-corrected chi connectivity index (χ1v) is 15.4. The SMILES string of the molecule is O=C(CSc1nnc2n(Cc3ccccc3)c(=O)c3c(n12)-c1ccccc1CC31CCCC1)c1ccc(Br)cc1. The van der Waals surface area contributed by atoms with Crippen molar-refractivity contribution < 1.29 is 4.79 Å². The first-order valence-electron chi connectivity index (χ1n) is 13.6. The lowest BCUT2D eigenvalue weighted by Crippen LogP contribution is -2.40. The van der Waals surface area contributed by atoms with Crippen molar-refractivity contribution in [3.63, 3.8) is 0 Å². The van der Waals surface area contributed by atoms with Crippen LogP contribution < -0.4 is 5.56 Å². The van der Waals surface area contributed by atoms with Gasteiger partial charge in [-0.15, -0.1) is 10.2 Å². The zero-order valence-corrected chi connectivity index (χ0v) is 24.2. The van der Waals surface area contributed by atoms with Gasteiger partial charge in [-0.2, -0.15) is 0 Å². The molecule has 0 aliphatic heterocycles. The highest BCUT2D eigenvalue weighted by Gasteiger charge is 2.45. The van der Waals surface area contributed by atoms with E-state index in [4.69, 9.17) is 0 Å². The standard InChI is InChI=1S/C32H27BrN4O2S/c33-24-14-12-22(13-15-24)26(38)20-40-31-35-34-30-36(19-21-8-2-1-3-9-21)29(39)27-28(37(30)31)25-11-5-4-10-23(25)18-32(27)16-6-7-17-32/h1-5,8-15H,6-7,16-20H2. The highest BCUT2D eigenvalue weighted by molar-refractivity contribution is 9.10. The lowest BCUT2D eigenvalue weighted by Gasteiger charge is -2.37. The van der Waals surface area contributed by atoms with Gasteiger partial charge in [0.1, 0.15) is 0 Å². The molecular weight excluding hydrogens is 584 g/mol. The molecule has 7 rings (SSSR count). The van der Waals surface area contributed by atoms with Crippen molar-refractivity contribution in [3.05, 3.63) is 116 Å². The molecular formula is C32H27BrN4O2S. The van der Waals surface area contributed by atoms with Crippen LogP contribution in [-0.2, 0) is 18.4 Å². The Morgan fingerprint density at radius 2 is 1.65 bits per heavy atom. The molecule has 1 fully saturated rings. The first kappa shape index (κ1) is 25.5. The number of Topliss-reactive ketones (excluding diaryl/α,β-unsaturated/α-hetero) is 1. The van der Waals surface area contributed by atoms with Crippen LogP contribution in [0.3, 0.4) is 0 Å². The van der Waals surface area contributed by atoms with E-state index >= 15 is 0 Å². The van der Waals surface area contributed by atoms with Gasteiger partial charge in [-0.1, -0.05) is 107 Å². The number of ketones is 1. The van der Waals surface area contributed by atoms with Crippen molar-refractivity contribution in [1.82, 2.24) is 19.2 Å². The molecule has 0 unspecified atom stereocenters. The minimum atomic E-state index is -0.202. The van der Waals surface area contributed by atoms with Gasteiger partial charge < -0.3 is 0 Å². The van der Waals surface area contributed by atoms with Gasteiger partial charge in [0.25, 0.3) is 5.56 Å². The van der Waals surface area contributed by atoms with Crippen molar-refractivity contribution in [2.75, 3.05) is 5.75 Å². The molecule has 2 aliphatic rings. The number of thioether (sulfide) groups is 1. The molecule has 2 aliphatic carbocycles. The van der Waals surface area contributed by atoms with E-state index < -0.39 is 0 Å². The van der Waals surface area contributed by atoms with Gasteiger partial charge in [0.15, 0.2) is 10.9 Å². The van der Waals surface area contributed by atoms with Gasteiger partial charge in [0, 0.05) is 26.6 Å². The van der Waals surface area contributed by atoms with Crippen LogP contribution in [0, 0.1) is 0 Å². The third-order valence-corrected chi connectivity index (χ3v) is 9.81. The molecule has 6 nitrogen and oxygen atoms in total. The Hall–Kier alpha value is -3.49. The van der Waals surface area contributed by atoms with Gasteiger partial charge in [0.05, 0.1) is 18.0 Å². The fraction of sp³-hybridized carbons (Fsp3) is 0.250. The van der Waals surface area contributed by atoms with Crippen LogP contribution in [0.5, 0.6) is 0 Å². The predicted octanol–water partition coefficient (Wildman–Crippen LogP) is 6.71. The summed E-state index contributed by atoms with van der Waals surface area (Å²) in [5, 5.41) is 9.77. The Kier molecular flexibility index (Phi) is 6.47. The summed E-state index contributed by atoms with van der Waals surface area (Å²) in [6.45, 7) is 0.412. The molecule has 8 heteroatoms. The van der Waals surface area contributed by atoms with Crippen molar-refractivity contribution in [2.45, 2.75) is 49.2 Å². The summed E-state index contributed by atoms with van der Waals surface area (Å²) in [6, 6.07) is 25.8. The van der Waals surface area contributed by atoms with Crippen LogP contribution in [0.2, 0.25) is 0 Å². The number of halogens is 1. The zero-order valence-electron chi connectivity index (χ0n) is 21.8. The summed E-state index contributed by atoms with van der Waals surface area (Å²) in [6.07, 6.45) is 5.08. The molecule has 200 valence electrons. The highest BCUT2D eigenvalue weighted by Crippen LogP contribution is 2.50. The molecule has 5 aromatic rings. The third-order valence-electron chi connectivity index (χ3n) is 8.35. The molecule has 2 heterocycles. The first-order chi connectivity index (χ1) is 19.5. The Bertz CT molecular complexity index is 1810. The Labute approximate surface area is 244 Å². The van der Waals surface area contributed by atoms with Gasteiger partial charge in [-0.05, 0) is 42.5 Å². The van der Waals surface area contributed by atoms with E-state index in [9.17, 15) is 9.59 Å². The maximum Gasteiger partial charge on any atom is 0.259 e. The fourth-order valence-electron chi connectivity index (χ4n) is 6.49. The van der Waals surface area contributed by atoms with E-state index in [1.807, 2.05) is 60.7 Å². The zero-order chi connectivity index (χ0) is 27.3. The molecule has 1 saturated carbocycles. The van der Waals surface area contributed by atoms with E-state index in [1.165, 1.54) is 17.3 Å². The number of hydrogen-bond acceptors (Lipinski definition) is 5. The lowest BCUT2D eigenvalue weighted by atomic mass is 9.68. The average molecular weight is 612 g/mol. The molecule has 0 atom stereocenters. The van der Waals surface area contributed by atoms with Gasteiger partial charge >= 0.3 is 0 Å². The van der Waals surface area contributed by atoms with E-state index in [0.717, 1.165) is 59.0 Å². The number of carbonyl (C=O) groups excluding carboxylic acids is 1. The maximum absolute atomic E-state index is 14.5. The maximum atomic E-state index is 14.5. The second-order valence-electron chi connectivity index (χ2n) is 10.8. The second-order valence-corrected chi connectivity index (χ2v) is 12.6. The molecule has 0 amide bonds. The van der Waals surface area contributed by atoms with E-state index in [1.54, 1.807) is 4.57 Å². The normalized spacial score (nSPS) is 15.3. The van der Waals surface area contributed by atoms with Crippen molar-refractivity contribution >= 4 is 39.3 Å². The van der Waals surface area contributed by atoms with Gasteiger partial charge in [-0.3, -0.25) is 18.6 Å². The van der Waals surface area contributed by atoms with Crippen molar-refractivity contribution in [3.8, 4) is 11.3 Å². The molecule has 2 aromatic heterocycles. The van der Waals surface area contributed by atoms with Crippen molar-refractivity contribution in [1.29, 1.82) is 0 Å². The molecule has 0 saturated heterocycles. The van der Waals surface area contributed by atoms with Gasteiger partial charge in [-0.25, -0.2) is 0 Å². The van der Waals surface area contributed by atoms with Crippen LogP contribution in [0.15, 0.2) is 93.3 Å². The largest absolute Gasteiger partial charge is 0.293 e. The van der Waals surface area contributed by atoms with Crippen LogP contribution in [-0.4, -0.2) is 30.7 Å². The minimum absolute atomic E-state index is 0.0217. The van der Waals surface area contributed by atoms with Crippen LogP contribution in [0.1, 0.15) is 52.7 Å². The Balaban J connectivity index is 1.43. The van der Waals surface area contributed by atoms with E-state index in [2.05, 4.69) is 48.7 Å². The van der Waals surface area contributed by atoms with Gasteiger partial charge in [0.2, 0.25) is 5.78 Å². The molecule has 0 radical (unpaired) electrons. The number of fused-ring (bicyclic) bond motifs is 6. The van der Waals surface area contributed by atoms with Crippen LogP contribution in [0.25, 0.3) is 17.0 Å². The molecule has 0 N–H and O–H groups in total. The summed E-state index contributed by atoms with van der Waals surface area (Å²) < 4.78 is 4.77. The van der Waals surface area contributed by atoms with E-state index in [0.29, 0.717) is 23.0 Å². The minimum Gasteiger partial charge on any atom is -0.293 e. The quantitative estimate of drug-likeness (QED) is 0.158. The summed E-state index contributed by atoms with van der Waals surface area (Å²) in [5.74, 6) is 0.756. The molecule has 40 heavy (non-hydrogen) atoms. The van der Waals surface area contributed by atoms with Crippen LogP contribution in [0.4, 0.5) is 0 Å². The number of nitrogens with zero attached hydrogens (tertiary/aromatic N) is 4. The van der Waals surface area contributed by atoms with Crippen molar-refractivity contribution in [2.24, 2.45) is 0 Å². The summed E-state index contributed by atoms with van der Waals surface area (Å²) in [4.78, 5) is 27.6. The number of aromatic nitrogens is 4. The number of rotatable bonds is 6. The lowest BCUT2D eigenvalue weighted by molar-refractivity contribution is 0.102. The monoisotopic (exact) mass is 610 g/mol. The number of hydrogen-bond donors (Lipinski definition) is 0. The van der Waals surface area contributed by atoms with Crippen LogP contribution >= 0.6 is 27.7 Å². The Morgan fingerprint density at radius 3 is 2.42 bits per heavy atom. The predicted molar refractivity (Wildman–Crippen MR) is 161 cm³/mol. The topological polar surface area (TPSA) is 69.3 Å². The Morgan fingerprint density at radius 1 is 0.925 bits per heavy atom. The summed E-state index contributed by atoms with van der Waals surface area (Å²) in [5.41, 5.74) is 5.61. The summed E-state index contributed by atoms with van der Waals surface area (Å²) >= 11 is 4.81. The summed E-state index contributed by atoms with van der Waals surface area (Å²) in [7, 11) is 0. The van der Waals surface area contributed by atoms with E-state index in [-0.39, 0.29) is 22.5 Å². The average Bonchev–Trinajstić information content (AvgIpc) is 3.62. The smallest absolute Gasteiger partial charge is 0.259 e. The number of carbonyl (C=O) groups is 1. The third kappa shape index (κ3) is 4.25. The number of benzene rings is 3. The fourth-order valence-corrected chi connectivity index (χ4v) is 7.58.